The third kappa shape index (κ3) is 3.49. The van der Waals surface area contributed by atoms with E-state index >= 15 is 0 Å². The second-order valence-corrected chi connectivity index (χ2v) is 4.12. The van der Waals surface area contributed by atoms with Crippen LogP contribution in [0.4, 0.5) is 5.95 Å². The highest BCUT2D eigenvalue weighted by Gasteiger charge is 2.00. The van der Waals surface area contributed by atoms with E-state index < -0.39 is 0 Å². The SMILES string of the molecule is NC(=S)c1ccnc(NCCCn2cccn2)n1. The summed E-state index contributed by atoms with van der Waals surface area (Å²) < 4.78 is 1.88. The number of aryl methyl sites for hydroxylation is 1. The monoisotopic (exact) mass is 262 g/mol. The Kier molecular flexibility index (Phi) is 4.19. The van der Waals surface area contributed by atoms with Crippen LogP contribution in [0.3, 0.4) is 0 Å². The molecule has 3 N–H and O–H groups in total. The van der Waals surface area contributed by atoms with E-state index in [0.717, 1.165) is 19.5 Å². The maximum Gasteiger partial charge on any atom is 0.223 e. The van der Waals surface area contributed by atoms with Crippen LogP contribution in [0, 0.1) is 0 Å². The second-order valence-electron chi connectivity index (χ2n) is 3.68. The summed E-state index contributed by atoms with van der Waals surface area (Å²) in [6.45, 7) is 1.62. The molecule has 94 valence electrons. The molecule has 2 aromatic rings. The van der Waals surface area contributed by atoms with Crippen LogP contribution in [-0.4, -0.2) is 31.3 Å². The molecule has 0 fully saturated rings. The van der Waals surface area contributed by atoms with Gasteiger partial charge in [-0.2, -0.15) is 5.10 Å². The molecule has 0 spiro atoms. The number of nitrogens with one attached hydrogen (secondary N) is 1. The van der Waals surface area contributed by atoms with Gasteiger partial charge in [0.2, 0.25) is 5.95 Å². The first kappa shape index (κ1) is 12.4. The van der Waals surface area contributed by atoms with Crippen molar-refractivity contribution in [3.63, 3.8) is 0 Å². The molecule has 2 rings (SSSR count). The van der Waals surface area contributed by atoms with Gasteiger partial charge in [0.25, 0.3) is 0 Å². The minimum Gasteiger partial charge on any atom is -0.388 e. The molecule has 7 heteroatoms. The van der Waals surface area contributed by atoms with E-state index in [2.05, 4.69) is 20.4 Å². The van der Waals surface area contributed by atoms with Crippen LogP contribution in [0.5, 0.6) is 0 Å². The maximum atomic E-state index is 5.50. The lowest BCUT2D eigenvalue weighted by Gasteiger charge is -2.05. The Hall–Kier alpha value is -2.02. The van der Waals surface area contributed by atoms with Gasteiger partial charge < -0.3 is 11.1 Å². The van der Waals surface area contributed by atoms with Gasteiger partial charge in [-0.25, -0.2) is 9.97 Å². The van der Waals surface area contributed by atoms with Gasteiger partial charge in [0.1, 0.15) is 10.7 Å². The molecule has 0 amide bonds. The summed E-state index contributed by atoms with van der Waals surface area (Å²) in [5.41, 5.74) is 6.08. The molecule has 2 heterocycles. The van der Waals surface area contributed by atoms with Crippen molar-refractivity contribution in [3.05, 3.63) is 36.4 Å². The van der Waals surface area contributed by atoms with E-state index in [-0.39, 0.29) is 4.99 Å². The zero-order valence-electron chi connectivity index (χ0n) is 9.78. The smallest absolute Gasteiger partial charge is 0.223 e. The Morgan fingerprint density at radius 3 is 3.06 bits per heavy atom. The van der Waals surface area contributed by atoms with Crippen LogP contribution < -0.4 is 11.1 Å². The standard InChI is InChI=1S/C11H14N6S/c12-10(18)9-3-6-14-11(16-9)13-4-1-7-17-8-2-5-15-17/h2-3,5-6,8H,1,4,7H2,(H2,12,18)(H,13,14,16). The van der Waals surface area contributed by atoms with Crippen LogP contribution in [0.15, 0.2) is 30.7 Å². The molecule has 0 saturated carbocycles. The van der Waals surface area contributed by atoms with Crippen LogP contribution >= 0.6 is 12.2 Å². The Morgan fingerprint density at radius 2 is 2.33 bits per heavy atom. The van der Waals surface area contributed by atoms with Crippen molar-refractivity contribution < 1.29 is 0 Å². The number of anilines is 1. The van der Waals surface area contributed by atoms with E-state index in [4.69, 9.17) is 18.0 Å². The molecule has 6 nitrogen and oxygen atoms in total. The van der Waals surface area contributed by atoms with Crippen LogP contribution in [0.25, 0.3) is 0 Å². The quantitative estimate of drug-likeness (QED) is 0.592. The van der Waals surface area contributed by atoms with E-state index in [9.17, 15) is 0 Å². The number of nitrogens with zero attached hydrogens (tertiary/aromatic N) is 4. The first-order valence-electron chi connectivity index (χ1n) is 5.60. The lowest BCUT2D eigenvalue weighted by atomic mass is 10.4. The molecule has 0 unspecified atom stereocenters. The number of hydrogen-bond donors (Lipinski definition) is 2. The average molecular weight is 262 g/mol. The third-order valence-electron chi connectivity index (χ3n) is 2.31. The van der Waals surface area contributed by atoms with Crippen molar-refractivity contribution >= 4 is 23.2 Å². The summed E-state index contributed by atoms with van der Waals surface area (Å²) >= 11 is 4.86. The summed E-state index contributed by atoms with van der Waals surface area (Å²) in [7, 11) is 0. The highest BCUT2D eigenvalue weighted by atomic mass is 32.1. The van der Waals surface area contributed by atoms with Gasteiger partial charge >= 0.3 is 0 Å². The molecule has 0 bridgehead atoms. The number of nitrogens with two attached hydrogens (primary N) is 1. The van der Waals surface area contributed by atoms with Gasteiger partial charge in [-0.1, -0.05) is 12.2 Å². The first-order chi connectivity index (χ1) is 8.75. The fourth-order valence-corrected chi connectivity index (χ4v) is 1.57. The topological polar surface area (TPSA) is 81.6 Å². The Morgan fingerprint density at radius 1 is 1.44 bits per heavy atom. The largest absolute Gasteiger partial charge is 0.388 e. The number of hydrogen-bond acceptors (Lipinski definition) is 5. The Labute approximate surface area is 110 Å². The summed E-state index contributed by atoms with van der Waals surface area (Å²) in [6.07, 6.45) is 6.27. The van der Waals surface area contributed by atoms with Crippen molar-refractivity contribution in [2.24, 2.45) is 5.73 Å². The van der Waals surface area contributed by atoms with E-state index in [1.54, 1.807) is 18.5 Å². The summed E-state index contributed by atoms with van der Waals surface area (Å²) in [5, 5.41) is 7.25. The summed E-state index contributed by atoms with van der Waals surface area (Å²) in [6, 6.07) is 3.60. The number of aromatic nitrogens is 4. The van der Waals surface area contributed by atoms with Crippen LogP contribution in [-0.2, 0) is 6.54 Å². The van der Waals surface area contributed by atoms with Gasteiger partial charge in [0, 0.05) is 31.7 Å². The van der Waals surface area contributed by atoms with E-state index in [1.807, 2.05) is 16.9 Å². The first-order valence-corrected chi connectivity index (χ1v) is 6.00. The molecule has 0 aliphatic carbocycles. The number of thiocarbonyl (C=S) groups is 1. The lowest BCUT2D eigenvalue weighted by molar-refractivity contribution is 0.591. The minimum absolute atomic E-state index is 0.275. The van der Waals surface area contributed by atoms with Crippen molar-refractivity contribution in [2.75, 3.05) is 11.9 Å². The molecule has 0 radical (unpaired) electrons. The zero-order valence-corrected chi connectivity index (χ0v) is 10.6. The lowest BCUT2D eigenvalue weighted by Crippen LogP contribution is -2.14. The minimum atomic E-state index is 0.275. The predicted molar refractivity (Wildman–Crippen MR) is 73.3 cm³/mol. The van der Waals surface area contributed by atoms with Crippen LogP contribution in [0.2, 0.25) is 0 Å². The Bertz CT molecular complexity index is 510. The molecule has 18 heavy (non-hydrogen) atoms. The van der Waals surface area contributed by atoms with Gasteiger partial charge in [-0.3, -0.25) is 4.68 Å². The van der Waals surface area contributed by atoms with Crippen LogP contribution in [0.1, 0.15) is 12.1 Å². The molecule has 2 aromatic heterocycles. The summed E-state index contributed by atoms with van der Waals surface area (Å²) in [5.74, 6) is 0.542. The van der Waals surface area contributed by atoms with Gasteiger partial charge in [0.15, 0.2) is 0 Å². The average Bonchev–Trinajstić information content (AvgIpc) is 2.88. The van der Waals surface area contributed by atoms with Gasteiger partial charge in [-0.05, 0) is 18.6 Å². The Balaban J connectivity index is 1.79. The van der Waals surface area contributed by atoms with E-state index in [1.165, 1.54) is 0 Å². The normalized spacial score (nSPS) is 10.2. The summed E-state index contributed by atoms with van der Waals surface area (Å²) in [4.78, 5) is 8.57. The molecule has 0 atom stereocenters. The fourth-order valence-electron chi connectivity index (χ4n) is 1.46. The van der Waals surface area contributed by atoms with Gasteiger partial charge in [0.05, 0.1) is 0 Å². The molecular formula is C11H14N6S. The second kappa shape index (κ2) is 6.06. The van der Waals surface area contributed by atoms with Gasteiger partial charge in [-0.15, -0.1) is 0 Å². The molecule has 0 aromatic carbocycles. The number of rotatable bonds is 6. The fraction of sp³-hybridized carbons (Fsp3) is 0.273. The predicted octanol–water partition coefficient (Wildman–Crippen LogP) is 0.809. The van der Waals surface area contributed by atoms with Crippen molar-refractivity contribution in [1.29, 1.82) is 0 Å². The third-order valence-corrected chi connectivity index (χ3v) is 2.52. The zero-order chi connectivity index (χ0) is 12.8. The molecular weight excluding hydrogens is 248 g/mol. The highest BCUT2D eigenvalue weighted by molar-refractivity contribution is 7.80. The maximum absolute atomic E-state index is 5.50. The molecule has 0 aliphatic rings. The molecule has 0 saturated heterocycles. The van der Waals surface area contributed by atoms with Crippen molar-refractivity contribution in [3.8, 4) is 0 Å². The highest BCUT2D eigenvalue weighted by Crippen LogP contribution is 2.00. The van der Waals surface area contributed by atoms with Crippen molar-refractivity contribution in [2.45, 2.75) is 13.0 Å². The molecule has 0 aliphatic heterocycles. The van der Waals surface area contributed by atoms with E-state index in [0.29, 0.717) is 11.6 Å². The van der Waals surface area contributed by atoms with Crippen molar-refractivity contribution in [1.82, 2.24) is 19.7 Å².